The van der Waals surface area contributed by atoms with Gasteiger partial charge in [0.2, 0.25) is 5.91 Å². The SMILES string of the molecule is Cc1c([C@H]2CN3CCN(C(=O)C4CCCc5nc(-n6cnnn6)ccc54)C[C@@H]3CO2)ccc(F)c1C#N. The summed E-state index contributed by atoms with van der Waals surface area (Å²) in [5.74, 6) is 0.0929. The number of fused-ring (bicyclic) bond motifs is 2. The molecular formula is C26H27FN8O2. The Hall–Kier alpha value is -3.75. The Morgan fingerprint density at radius 3 is 2.86 bits per heavy atom. The number of ether oxygens (including phenoxy) is 1. The highest BCUT2D eigenvalue weighted by Crippen LogP contribution is 2.35. The Kier molecular flexibility index (Phi) is 6.14. The van der Waals surface area contributed by atoms with Crippen LogP contribution in [-0.4, -0.2) is 79.7 Å². The van der Waals surface area contributed by atoms with Gasteiger partial charge in [-0.1, -0.05) is 12.1 Å². The zero-order valence-electron chi connectivity index (χ0n) is 20.5. The van der Waals surface area contributed by atoms with Crippen molar-refractivity contribution in [1.82, 2.24) is 35.0 Å². The number of hydrogen-bond donors (Lipinski definition) is 0. The van der Waals surface area contributed by atoms with E-state index in [2.05, 4.69) is 20.4 Å². The Bertz CT molecular complexity index is 1370. The number of aryl methyl sites for hydroxylation is 1. The molecule has 1 amide bonds. The Morgan fingerprint density at radius 2 is 2.05 bits per heavy atom. The van der Waals surface area contributed by atoms with Gasteiger partial charge >= 0.3 is 0 Å². The largest absolute Gasteiger partial charge is 0.370 e. The lowest BCUT2D eigenvalue weighted by Crippen LogP contribution is -2.60. The predicted molar refractivity (Wildman–Crippen MR) is 129 cm³/mol. The number of pyridine rings is 1. The topological polar surface area (TPSA) is 113 Å². The average Bonchev–Trinajstić information content (AvgIpc) is 3.47. The van der Waals surface area contributed by atoms with Crippen LogP contribution >= 0.6 is 0 Å². The van der Waals surface area contributed by atoms with Gasteiger partial charge < -0.3 is 9.64 Å². The Labute approximate surface area is 213 Å². The molecule has 190 valence electrons. The number of carbonyl (C=O) groups excluding carboxylic acids is 1. The molecule has 2 aromatic heterocycles. The van der Waals surface area contributed by atoms with E-state index >= 15 is 0 Å². The molecule has 1 aliphatic carbocycles. The highest BCUT2D eigenvalue weighted by Gasteiger charge is 2.39. The van der Waals surface area contributed by atoms with Crippen LogP contribution in [0.25, 0.3) is 5.82 Å². The molecule has 0 saturated carbocycles. The molecule has 1 unspecified atom stereocenters. The minimum absolute atomic E-state index is 0.0750. The quantitative estimate of drug-likeness (QED) is 0.535. The molecule has 0 spiro atoms. The van der Waals surface area contributed by atoms with E-state index in [-0.39, 0.29) is 29.5 Å². The second-order valence-electron chi connectivity index (χ2n) is 9.91. The summed E-state index contributed by atoms with van der Waals surface area (Å²) in [7, 11) is 0. The van der Waals surface area contributed by atoms with Crippen molar-refractivity contribution in [2.75, 3.05) is 32.8 Å². The number of tetrazole rings is 1. The fraction of sp³-hybridized carbons (Fsp3) is 0.462. The predicted octanol–water partition coefficient (Wildman–Crippen LogP) is 2.08. The van der Waals surface area contributed by atoms with E-state index in [0.29, 0.717) is 37.6 Å². The highest BCUT2D eigenvalue weighted by atomic mass is 19.1. The number of nitriles is 1. The smallest absolute Gasteiger partial charge is 0.230 e. The molecule has 37 heavy (non-hydrogen) atoms. The molecule has 3 aromatic rings. The molecule has 4 heterocycles. The number of nitrogens with zero attached hydrogens (tertiary/aromatic N) is 8. The van der Waals surface area contributed by atoms with Crippen molar-refractivity contribution in [3.63, 3.8) is 0 Å². The maximum absolute atomic E-state index is 14.0. The summed E-state index contributed by atoms with van der Waals surface area (Å²) in [6.07, 6.45) is 3.84. The van der Waals surface area contributed by atoms with E-state index in [1.54, 1.807) is 13.0 Å². The molecule has 2 saturated heterocycles. The number of halogens is 1. The number of carbonyl (C=O) groups is 1. The van der Waals surface area contributed by atoms with Crippen molar-refractivity contribution in [3.8, 4) is 11.9 Å². The van der Waals surface area contributed by atoms with Crippen molar-refractivity contribution in [2.45, 2.75) is 44.2 Å². The monoisotopic (exact) mass is 502 g/mol. The van der Waals surface area contributed by atoms with Crippen molar-refractivity contribution in [2.24, 2.45) is 0 Å². The van der Waals surface area contributed by atoms with Gasteiger partial charge in [0.05, 0.1) is 30.2 Å². The van der Waals surface area contributed by atoms with Gasteiger partial charge in [0.1, 0.15) is 18.2 Å². The van der Waals surface area contributed by atoms with Gasteiger partial charge in [0.25, 0.3) is 0 Å². The lowest BCUT2D eigenvalue weighted by Gasteiger charge is -2.47. The maximum atomic E-state index is 14.0. The van der Waals surface area contributed by atoms with E-state index in [4.69, 9.17) is 9.72 Å². The Balaban J connectivity index is 1.14. The molecule has 6 rings (SSSR count). The van der Waals surface area contributed by atoms with Crippen molar-refractivity contribution in [1.29, 1.82) is 5.26 Å². The second-order valence-corrected chi connectivity index (χ2v) is 9.91. The highest BCUT2D eigenvalue weighted by molar-refractivity contribution is 5.84. The summed E-state index contributed by atoms with van der Waals surface area (Å²) in [5.41, 5.74) is 3.49. The summed E-state index contributed by atoms with van der Waals surface area (Å²) >= 11 is 0. The number of piperazine rings is 1. The molecule has 0 bridgehead atoms. The summed E-state index contributed by atoms with van der Waals surface area (Å²) in [5, 5.41) is 20.6. The van der Waals surface area contributed by atoms with Crippen molar-refractivity contribution in [3.05, 3.63) is 64.4 Å². The first-order chi connectivity index (χ1) is 18.0. The normalized spacial score (nSPS) is 23.7. The lowest BCUT2D eigenvalue weighted by atomic mass is 9.84. The molecule has 0 radical (unpaired) electrons. The number of amides is 1. The lowest BCUT2D eigenvalue weighted by molar-refractivity contribution is -0.142. The number of aromatic nitrogens is 5. The number of benzene rings is 1. The average molecular weight is 503 g/mol. The molecule has 1 aromatic carbocycles. The first-order valence-corrected chi connectivity index (χ1v) is 12.6. The van der Waals surface area contributed by atoms with Crippen LogP contribution in [0.3, 0.4) is 0 Å². The van der Waals surface area contributed by atoms with Gasteiger partial charge in [-0.15, -0.1) is 5.10 Å². The number of morpholine rings is 1. The van der Waals surface area contributed by atoms with Crippen molar-refractivity contribution >= 4 is 5.91 Å². The second kappa shape index (κ2) is 9.61. The van der Waals surface area contributed by atoms with Crippen LogP contribution in [0, 0.1) is 24.1 Å². The van der Waals surface area contributed by atoms with E-state index in [9.17, 15) is 14.4 Å². The maximum Gasteiger partial charge on any atom is 0.230 e. The third kappa shape index (κ3) is 4.26. The van der Waals surface area contributed by atoms with E-state index in [1.807, 2.05) is 23.1 Å². The first kappa shape index (κ1) is 23.6. The minimum atomic E-state index is -0.504. The van der Waals surface area contributed by atoms with Crippen LogP contribution in [0.4, 0.5) is 4.39 Å². The van der Waals surface area contributed by atoms with Crippen molar-refractivity contribution < 1.29 is 13.9 Å². The standard InChI is InChI=1S/C26H27FN8O2/c1-16-18(5-7-22(27)21(16)11-28)24-13-33-9-10-34(12-17(33)14-37-24)26(36)20-3-2-4-23-19(20)6-8-25(30-23)35-15-29-31-32-35/h5-8,15,17,20,24H,2-4,9-10,12-14H2,1H3/t17-,20?,24-/m1/s1. The third-order valence-corrected chi connectivity index (χ3v) is 7.88. The van der Waals surface area contributed by atoms with Crippen LogP contribution in [0.2, 0.25) is 0 Å². The molecule has 2 aliphatic heterocycles. The van der Waals surface area contributed by atoms with E-state index in [1.165, 1.54) is 17.1 Å². The third-order valence-electron chi connectivity index (χ3n) is 7.88. The molecule has 3 atom stereocenters. The van der Waals surface area contributed by atoms with Gasteiger partial charge in [-0.05, 0) is 65.4 Å². The first-order valence-electron chi connectivity index (χ1n) is 12.6. The van der Waals surface area contributed by atoms with E-state index in [0.717, 1.165) is 42.6 Å². The molecule has 0 N–H and O–H groups in total. The van der Waals surface area contributed by atoms with Gasteiger partial charge in [0.15, 0.2) is 5.82 Å². The van der Waals surface area contributed by atoms with E-state index < -0.39 is 5.82 Å². The van der Waals surface area contributed by atoms with Gasteiger partial charge in [-0.25, -0.2) is 9.37 Å². The molecule has 11 heteroatoms. The minimum Gasteiger partial charge on any atom is -0.370 e. The van der Waals surface area contributed by atoms with Crippen LogP contribution in [0.15, 0.2) is 30.6 Å². The summed E-state index contributed by atoms with van der Waals surface area (Å²) in [4.78, 5) is 22.7. The summed E-state index contributed by atoms with van der Waals surface area (Å²) in [6, 6.07) is 8.99. The summed E-state index contributed by atoms with van der Waals surface area (Å²) < 4.78 is 21.7. The van der Waals surface area contributed by atoms with Crippen LogP contribution in [0.5, 0.6) is 0 Å². The van der Waals surface area contributed by atoms with Crippen LogP contribution < -0.4 is 0 Å². The molecular weight excluding hydrogens is 475 g/mol. The Morgan fingerprint density at radius 1 is 1.19 bits per heavy atom. The zero-order chi connectivity index (χ0) is 25.5. The van der Waals surface area contributed by atoms with Gasteiger partial charge in [-0.3, -0.25) is 9.69 Å². The number of rotatable bonds is 3. The zero-order valence-corrected chi connectivity index (χ0v) is 20.5. The molecule has 10 nitrogen and oxygen atoms in total. The van der Waals surface area contributed by atoms with Gasteiger partial charge in [0, 0.05) is 31.9 Å². The number of hydrogen-bond acceptors (Lipinski definition) is 8. The fourth-order valence-corrected chi connectivity index (χ4v) is 5.87. The fourth-order valence-electron chi connectivity index (χ4n) is 5.87. The van der Waals surface area contributed by atoms with Crippen LogP contribution in [-0.2, 0) is 16.0 Å². The molecule has 3 aliphatic rings. The van der Waals surface area contributed by atoms with Gasteiger partial charge in [-0.2, -0.15) is 9.94 Å². The van der Waals surface area contributed by atoms with Crippen LogP contribution in [0.1, 0.15) is 52.8 Å². The summed E-state index contributed by atoms with van der Waals surface area (Å²) in [6.45, 7) is 4.91. The molecule has 2 fully saturated rings.